The van der Waals surface area contributed by atoms with E-state index >= 15 is 0 Å². The molecule has 1 aliphatic rings. The average molecular weight is 372 g/mol. The highest BCUT2D eigenvalue weighted by Gasteiger charge is 2.40. The molecule has 0 heterocycles. The molecule has 0 aromatic heterocycles. The second-order valence-corrected chi connectivity index (χ2v) is 8.09. The van der Waals surface area contributed by atoms with E-state index in [9.17, 15) is 5.11 Å². The molecule has 1 heteroatoms. The summed E-state index contributed by atoms with van der Waals surface area (Å²) in [6.07, 6.45) is 0. The molecule has 0 spiro atoms. The molecule has 6 rings (SSSR count). The monoisotopic (exact) mass is 372 g/mol. The first kappa shape index (κ1) is 16.4. The first-order chi connectivity index (χ1) is 14.2. The standard InChI is InChI=1S/C28H20O/c1-28(23-12-3-2-11-22(23)20-9-4-10-21(29)17-20)24-13-5-7-18-15-16-19-8-6-14-25(28)27(19)26(18)24/h2-17,29H,1H3. The lowest BCUT2D eigenvalue weighted by atomic mass is 9.71. The summed E-state index contributed by atoms with van der Waals surface area (Å²) >= 11 is 0. The van der Waals surface area contributed by atoms with Crippen molar-refractivity contribution in [2.45, 2.75) is 12.3 Å². The maximum absolute atomic E-state index is 10.1. The van der Waals surface area contributed by atoms with Crippen LogP contribution in [0.2, 0.25) is 0 Å². The number of phenols is 1. The molecule has 0 bridgehead atoms. The number of aromatic hydroxyl groups is 1. The number of benzene rings is 5. The normalized spacial score (nSPS) is 14.1. The first-order valence-corrected chi connectivity index (χ1v) is 10.0. The van der Waals surface area contributed by atoms with Gasteiger partial charge in [0.1, 0.15) is 5.75 Å². The minimum Gasteiger partial charge on any atom is -0.508 e. The van der Waals surface area contributed by atoms with Gasteiger partial charge in [0.25, 0.3) is 0 Å². The van der Waals surface area contributed by atoms with Crippen LogP contribution >= 0.6 is 0 Å². The third-order valence-electron chi connectivity index (χ3n) is 6.59. The Hall–Kier alpha value is -3.58. The van der Waals surface area contributed by atoms with Gasteiger partial charge in [0.05, 0.1) is 0 Å². The molecule has 0 aliphatic heterocycles. The highest BCUT2D eigenvalue weighted by atomic mass is 16.3. The molecule has 0 saturated heterocycles. The van der Waals surface area contributed by atoms with E-state index in [2.05, 4.69) is 85.8 Å². The fourth-order valence-electron chi connectivity index (χ4n) is 5.27. The molecular weight excluding hydrogens is 352 g/mol. The topological polar surface area (TPSA) is 20.2 Å². The van der Waals surface area contributed by atoms with Gasteiger partial charge in [-0.15, -0.1) is 0 Å². The van der Waals surface area contributed by atoms with E-state index in [0.717, 1.165) is 11.1 Å². The summed E-state index contributed by atoms with van der Waals surface area (Å²) in [5.41, 5.74) is 5.92. The molecule has 29 heavy (non-hydrogen) atoms. The summed E-state index contributed by atoms with van der Waals surface area (Å²) in [4.78, 5) is 0. The Morgan fingerprint density at radius 1 is 0.586 bits per heavy atom. The van der Waals surface area contributed by atoms with Gasteiger partial charge in [0, 0.05) is 5.41 Å². The van der Waals surface area contributed by atoms with Crippen LogP contribution < -0.4 is 0 Å². The van der Waals surface area contributed by atoms with Gasteiger partial charge in [-0.25, -0.2) is 0 Å². The van der Waals surface area contributed by atoms with Crippen molar-refractivity contribution in [1.82, 2.24) is 0 Å². The molecule has 138 valence electrons. The Labute approximate surface area is 169 Å². The summed E-state index contributed by atoms with van der Waals surface area (Å²) in [6, 6.07) is 34.0. The summed E-state index contributed by atoms with van der Waals surface area (Å²) in [6.45, 7) is 2.35. The van der Waals surface area contributed by atoms with E-state index in [-0.39, 0.29) is 5.41 Å². The van der Waals surface area contributed by atoms with E-state index < -0.39 is 0 Å². The van der Waals surface area contributed by atoms with Crippen LogP contribution in [-0.4, -0.2) is 5.11 Å². The van der Waals surface area contributed by atoms with Crippen LogP contribution in [0.15, 0.2) is 97.1 Å². The van der Waals surface area contributed by atoms with Crippen LogP contribution in [0.25, 0.3) is 32.7 Å². The fourth-order valence-corrected chi connectivity index (χ4v) is 5.27. The van der Waals surface area contributed by atoms with Crippen LogP contribution in [0.1, 0.15) is 23.6 Å². The lowest BCUT2D eigenvalue weighted by molar-refractivity contribution is 0.475. The zero-order valence-corrected chi connectivity index (χ0v) is 16.2. The van der Waals surface area contributed by atoms with Crippen LogP contribution in [-0.2, 0) is 5.41 Å². The van der Waals surface area contributed by atoms with Crippen molar-refractivity contribution in [3.8, 4) is 16.9 Å². The van der Waals surface area contributed by atoms with Gasteiger partial charge < -0.3 is 5.11 Å². The number of rotatable bonds is 2. The Morgan fingerprint density at radius 2 is 1.17 bits per heavy atom. The molecule has 0 saturated carbocycles. The largest absolute Gasteiger partial charge is 0.508 e. The summed E-state index contributed by atoms with van der Waals surface area (Å²) < 4.78 is 0. The predicted molar refractivity (Wildman–Crippen MR) is 121 cm³/mol. The molecule has 0 amide bonds. The minimum absolute atomic E-state index is 0.259. The number of hydrogen-bond donors (Lipinski definition) is 1. The maximum atomic E-state index is 10.1. The molecule has 5 aromatic carbocycles. The Kier molecular flexibility index (Phi) is 3.23. The molecule has 5 aromatic rings. The van der Waals surface area contributed by atoms with E-state index in [1.165, 1.54) is 38.2 Å². The smallest absolute Gasteiger partial charge is 0.116 e. The maximum Gasteiger partial charge on any atom is 0.116 e. The summed E-state index contributed by atoms with van der Waals surface area (Å²) in [5.74, 6) is 0.293. The molecule has 1 nitrogen and oxygen atoms in total. The Balaban J connectivity index is 1.74. The zero-order chi connectivity index (χ0) is 19.6. The zero-order valence-electron chi connectivity index (χ0n) is 16.2. The highest BCUT2D eigenvalue weighted by molar-refractivity contribution is 6.15. The fraction of sp³-hybridized carbons (Fsp3) is 0.0714. The van der Waals surface area contributed by atoms with Gasteiger partial charge in [-0.3, -0.25) is 0 Å². The predicted octanol–water partition coefficient (Wildman–Crippen LogP) is 7.03. The second kappa shape index (κ2) is 5.71. The molecule has 1 N–H and O–H groups in total. The van der Waals surface area contributed by atoms with E-state index in [0.29, 0.717) is 5.75 Å². The van der Waals surface area contributed by atoms with Crippen molar-refractivity contribution >= 4 is 21.5 Å². The number of phenolic OH excluding ortho intramolecular Hbond substituents is 1. The quantitative estimate of drug-likeness (QED) is 0.330. The first-order valence-electron chi connectivity index (χ1n) is 10.0. The SMILES string of the molecule is CC1(c2ccccc2-c2cccc(O)c2)c2cccc3ccc4cccc1c4c23. The lowest BCUT2D eigenvalue weighted by Crippen LogP contribution is -2.23. The van der Waals surface area contributed by atoms with Crippen LogP contribution in [0, 0.1) is 0 Å². The molecule has 0 unspecified atom stereocenters. The third-order valence-corrected chi connectivity index (χ3v) is 6.59. The molecule has 0 fully saturated rings. The van der Waals surface area contributed by atoms with Gasteiger partial charge >= 0.3 is 0 Å². The minimum atomic E-state index is -0.259. The second-order valence-electron chi connectivity index (χ2n) is 8.09. The molecule has 1 aliphatic carbocycles. The van der Waals surface area contributed by atoms with Gasteiger partial charge in [-0.2, -0.15) is 0 Å². The van der Waals surface area contributed by atoms with Crippen molar-refractivity contribution in [2.24, 2.45) is 0 Å². The van der Waals surface area contributed by atoms with Gasteiger partial charge in [0.2, 0.25) is 0 Å². The van der Waals surface area contributed by atoms with Gasteiger partial charge in [-0.05, 0) is 68.4 Å². The van der Waals surface area contributed by atoms with Gasteiger partial charge in [-0.1, -0.05) is 84.9 Å². The van der Waals surface area contributed by atoms with Crippen molar-refractivity contribution in [1.29, 1.82) is 0 Å². The van der Waals surface area contributed by atoms with Crippen LogP contribution in [0.5, 0.6) is 5.75 Å². The van der Waals surface area contributed by atoms with Crippen molar-refractivity contribution in [3.05, 3.63) is 114 Å². The van der Waals surface area contributed by atoms with E-state index in [1.54, 1.807) is 6.07 Å². The Bertz CT molecular complexity index is 1360. The number of hydrogen-bond acceptors (Lipinski definition) is 1. The summed E-state index contributed by atoms with van der Waals surface area (Å²) in [7, 11) is 0. The molecule has 0 atom stereocenters. The van der Waals surface area contributed by atoms with Crippen LogP contribution in [0.4, 0.5) is 0 Å². The van der Waals surface area contributed by atoms with Gasteiger partial charge in [0.15, 0.2) is 0 Å². The van der Waals surface area contributed by atoms with Crippen molar-refractivity contribution in [2.75, 3.05) is 0 Å². The summed E-state index contributed by atoms with van der Waals surface area (Å²) in [5, 5.41) is 15.4. The van der Waals surface area contributed by atoms with E-state index in [1.807, 2.05) is 12.1 Å². The lowest BCUT2D eigenvalue weighted by Gasteiger charge is -2.31. The average Bonchev–Trinajstić information content (AvgIpc) is 3.04. The molecular formula is C28H20O. The highest BCUT2D eigenvalue weighted by Crippen LogP contribution is 2.53. The Morgan fingerprint density at radius 3 is 1.83 bits per heavy atom. The van der Waals surface area contributed by atoms with Crippen molar-refractivity contribution < 1.29 is 5.11 Å². The van der Waals surface area contributed by atoms with Crippen molar-refractivity contribution in [3.63, 3.8) is 0 Å². The molecule has 0 radical (unpaired) electrons. The third kappa shape index (κ3) is 2.10. The van der Waals surface area contributed by atoms with Crippen LogP contribution in [0.3, 0.4) is 0 Å². The van der Waals surface area contributed by atoms with E-state index in [4.69, 9.17) is 0 Å².